The van der Waals surface area contributed by atoms with Gasteiger partial charge in [-0.15, -0.1) is 11.3 Å². The summed E-state index contributed by atoms with van der Waals surface area (Å²) in [7, 11) is 0. The molecule has 5 rings (SSSR count). The largest absolute Gasteiger partial charge is 0.489 e. The van der Waals surface area contributed by atoms with Gasteiger partial charge in [0.15, 0.2) is 5.54 Å². The molecule has 1 aliphatic carbocycles. The van der Waals surface area contributed by atoms with E-state index in [0.717, 1.165) is 47.3 Å². The molecule has 1 N–H and O–H groups in total. The number of rotatable bonds is 5. The number of nitrogens with one attached hydrogen (secondary N) is 1. The van der Waals surface area contributed by atoms with Crippen molar-refractivity contribution in [3.8, 4) is 16.2 Å². The van der Waals surface area contributed by atoms with Crippen LogP contribution >= 0.6 is 11.3 Å². The van der Waals surface area contributed by atoms with Crippen molar-refractivity contribution in [1.29, 1.82) is 0 Å². The van der Waals surface area contributed by atoms with Gasteiger partial charge < -0.3 is 15.0 Å². The Morgan fingerprint density at radius 1 is 1.06 bits per heavy atom. The van der Waals surface area contributed by atoms with Crippen molar-refractivity contribution in [2.24, 2.45) is 0 Å². The minimum atomic E-state index is -1.13. The second-order valence-electron chi connectivity index (χ2n) is 10.3. The Bertz CT molecular complexity index is 1210. The molecule has 2 aliphatic rings. The molecule has 1 aliphatic heterocycles. The zero-order valence-electron chi connectivity index (χ0n) is 21.1. The standard InChI is InChI=1S/C30H34N2O3S/c1-21-14-16-22(17-15-21)19-32-28(33)27-25(18-26(36-27)23-10-6-5-7-11-23)35-20-30(32,2)29(34)31-24-12-8-3-4-9-13-24/h5-7,10-11,14-18,24H,3-4,8-9,12-13,19-20H2,1-2H3,(H,31,34). The van der Waals surface area contributed by atoms with Crippen LogP contribution < -0.4 is 10.1 Å². The molecule has 188 valence electrons. The van der Waals surface area contributed by atoms with Crippen molar-refractivity contribution in [3.05, 3.63) is 76.7 Å². The van der Waals surface area contributed by atoms with Crippen molar-refractivity contribution in [1.82, 2.24) is 10.2 Å². The smallest absolute Gasteiger partial charge is 0.269 e. The Hall–Kier alpha value is -3.12. The first kappa shape index (κ1) is 24.6. The van der Waals surface area contributed by atoms with Crippen LogP contribution in [0.15, 0.2) is 60.7 Å². The van der Waals surface area contributed by atoms with E-state index in [1.54, 1.807) is 4.90 Å². The molecule has 2 heterocycles. The molecule has 1 fully saturated rings. The molecular weight excluding hydrogens is 468 g/mol. The fourth-order valence-corrected chi connectivity index (χ4v) is 6.15. The maximum Gasteiger partial charge on any atom is 0.269 e. The van der Waals surface area contributed by atoms with Crippen molar-refractivity contribution in [2.45, 2.75) is 70.5 Å². The van der Waals surface area contributed by atoms with Gasteiger partial charge in [-0.05, 0) is 43.9 Å². The number of aryl methyl sites for hydroxylation is 1. The summed E-state index contributed by atoms with van der Waals surface area (Å²) in [5.74, 6) is 0.269. The molecule has 0 saturated heterocycles. The number of nitrogens with zero attached hydrogens (tertiary/aromatic N) is 1. The number of fused-ring (bicyclic) bond motifs is 1. The van der Waals surface area contributed by atoms with Crippen LogP contribution in [-0.2, 0) is 11.3 Å². The normalized spacial score (nSPS) is 20.7. The lowest BCUT2D eigenvalue weighted by molar-refractivity contribution is -0.134. The highest BCUT2D eigenvalue weighted by molar-refractivity contribution is 7.17. The summed E-state index contributed by atoms with van der Waals surface area (Å²) in [5, 5.41) is 3.29. The maximum absolute atomic E-state index is 14.1. The van der Waals surface area contributed by atoms with E-state index in [4.69, 9.17) is 4.74 Å². The molecule has 1 aromatic heterocycles. The minimum absolute atomic E-state index is 0.112. The van der Waals surface area contributed by atoms with Crippen LogP contribution in [0.4, 0.5) is 0 Å². The van der Waals surface area contributed by atoms with Gasteiger partial charge in [0, 0.05) is 17.5 Å². The lowest BCUT2D eigenvalue weighted by Crippen LogP contribution is -2.62. The number of hydrogen-bond acceptors (Lipinski definition) is 4. The van der Waals surface area contributed by atoms with Crippen LogP contribution in [0, 0.1) is 6.92 Å². The summed E-state index contributed by atoms with van der Waals surface area (Å²) >= 11 is 1.43. The highest BCUT2D eigenvalue weighted by atomic mass is 32.1. The maximum atomic E-state index is 14.1. The van der Waals surface area contributed by atoms with E-state index >= 15 is 0 Å². The monoisotopic (exact) mass is 502 g/mol. The molecule has 36 heavy (non-hydrogen) atoms. The summed E-state index contributed by atoms with van der Waals surface area (Å²) in [6, 6.07) is 20.2. The van der Waals surface area contributed by atoms with Crippen LogP contribution in [-0.4, -0.2) is 34.9 Å². The van der Waals surface area contributed by atoms with Gasteiger partial charge in [-0.1, -0.05) is 85.8 Å². The number of hydrogen-bond donors (Lipinski definition) is 1. The zero-order chi connectivity index (χ0) is 25.1. The average Bonchev–Trinajstić information content (AvgIpc) is 3.11. The Morgan fingerprint density at radius 3 is 2.44 bits per heavy atom. The molecule has 0 spiro atoms. The van der Waals surface area contributed by atoms with Crippen LogP contribution in [0.25, 0.3) is 10.4 Å². The fourth-order valence-electron chi connectivity index (χ4n) is 5.09. The molecule has 5 nitrogen and oxygen atoms in total. The summed E-state index contributed by atoms with van der Waals surface area (Å²) in [6.07, 6.45) is 6.67. The molecule has 2 amide bonds. The van der Waals surface area contributed by atoms with Crippen molar-refractivity contribution < 1.29 is 14.3 Å². The number of thiophene rings is 1. The first-order valence-electron chi connectivity index (χ1n) is 12.9. The molecule has 1 atom stereocenters. The third-order valence-corrected chi connectivity index (χ3v) is 8.59. The summed E-state index contributed by atoms with van der Waals surface area (Å²) in [5.41, 5.74) is 2.07. The van der Waals surface area contributed by atoms with Gasteiger partial charge in [-0.2, -0.15) is 0 Å². The first-order chi connectivity index (χ1) is 17.4. The molecule has 1 unspecified atom stereocenters. The second kappa shape index (κ2) is 10.5. The van der Waals surface area contributed by atoms with Gasteiger partial charge in [-0.3, -0.25) is 9.59 Å². The second-order valence-corrected chi connectivity index (χ2v) is 11.3. The van der Waals surface area contributed by atoms with Crippen LogP contribution in [0.2, 0.25) is 0 Å². The van der Waals surface area contributed by atoms with Crippen molar-refractivity contribution >= 4 is 23.2 Å². The summed E-state index contributed by atoms with van der Waals surface area (Å²) in [4.78, 5) is 31.2. The third kappa shape index (κ3) is 5.05. The highest BCUT2D eigenvalue weighted by Gasteiger charge is 2.47. The fraction of sp³-hybridized carbons (Fsp3) is 0.400. The third-order valence-electron chi connectivity index (χ3n) is 7.44. The summed E-state index contributed by atoms with van der Waals surface area (Å²) in [6.45, 7) is 4.35. The lowest BCUT2D eigenvalue weighted by atomic mass is 9.96. The zero-order valence-corrected chi connectivity index (χ0v) is 21.9. The van der Waals surface area contributed by atoms with Crippen LogP contribution in [0.5, 0.6) is 5.75 Å². The lowest BCUT2D eigenvalue weighted by Gasteiger charge is -2.38. The number of ether oxygens (including phenoxy) is 1. The average molecular weight is 503 g/mol. The van der Waals surface area contributed by atoms with Crippen LogP contribution in [0.1, 0.15) is 66.2 Å². The van der Waals surface area contributed by atoms with E-state index < -0.39 is 5.54 Å². The molecule has 2 aromatic carbocycles. The number of amides is 2. The number of carbonyl (C=O) groups excluding carboxylic acids is 2. The predicted molar refractivity (Wildman–Crippen MR) is 144 cm³/mol. The quantitative estimate of drug-likeness (QED) is 0.413. The van der Waals surface area contributed by atoms with Crippen LogP contribution in [0.3, 0.4) is 0 Å². The summed E-state index contributed by atoms with van der Waals surface area (Å²) < 4.78 is 6.25. The van der Waals surface area contributed by atoms with E-state index in [1.165, 1.54) is 24.2 Å². The predicted octanol–water partition coefficient (Wildman–Crippen LogP) is 6.36. The number of benzene rings is 2. The molecular formula is C30H34N2O3S. The van der Waals surface area contributed by atoms with Gasteiger partial charge in [0.2, 0.25) is 5.91 Å². The SMILES string of the molecule is Cc1ccc(CN2C(=O)c3sc(-c4ccccc4)cc3OCC2(C)C(=O)NC2CCCCCC2)cc1. The Kier molecular flexibility index (Phi) is 7.15. The van der Waals surface area contributed by atoms with Gasteiger partial charge in [-0.25, -0.2) is 0 Å². The Balaban J connectivity index is 1.48. The topological polar surface area (TPSA) is 58.6 Å². The molecule has 6 heteroatoms. The van der Waals surface area contributed by atoms with E-state index in [0.29, 0.717) is 17.2 Å². The van der Waals surface area contributed by atoms with Gasteiger partial charge in [0.1, 0.15) is 17.2 Å². The van der Waals surface area contributed by atoms with E-state index in [9.17, 15) is 9.59 Å². The van der Waals surface area contributed by atoms with E-state index in [1.807, 2.05) is 74.5 Å². The Labute approximate surface area is 217 Å². The van der Waals surface area contributed by atoms with Gasteiger partial charge in [0.05, 0.1) is 0 Å². The Morgan fingerprint density at radius 2 is 1.75 bits per heavy atom. The molecule has 0 radical (unpaired) electrons. The molecule has 3 aromatic rings. The highest BCUT2D eigenvalue weighted by Crippen LogP contribution is 2.41. The van der Waals surface area contributed by atoms with Crippen molar-refractivity contribution in [3.63, 3.8) is 0 Å². The number of carbonyl (C=O) groups is 2. The first-order valence-corrected chi connectivity index (χ1v) is 13.8. The van der Waals surface area contributed by atoms with Crippen molar-refractivity contribution in [2.75, 3.05) is 6.61 Å². The minimum Gasteiger partial charge on any atom is -0.489 e. The molecule has 0 bridgehead atoms. The van der Waals surface area contributed by atoms with E-state index in [-0.39, 0.29) is 24.5 Å². The van der Waals surface area contributed by atoms with Gasteiger partial charge >= 0.3 is 0 Å². The van der Waals surface area contributed by atoms with E-state index in [2.05, 4.69) is 5.32 Å². The molecule has 1 saturated carbocycles. The van der Waals surface area contributed by atoms with Gasteiger partial charge in [0.25, 0.3) is 5.91 Å².